The van der Waals surface area contributed by atoms with Crippen molar-refractivity contribution in [2.75, 3.05) is 4.90 Å². The van der Waals surface area contributed by atoms with Gasteiger partial charge in [-0.25, -0.2) is 0 Å². The number of hydrogen-bond donors (Lipinski definition) is 0. The zero-order chi connectivity index (χ0) is 49.1. The van der Waals surface area contributed by atoms with E-state index in [2.05, 4.69) is 293 Å². The Hall–Kier alpha value is -8.78. The maximum Gasteiger partial charge on any atom is 0.0714 e. The van der Waals surface area contributed by atoms with Crippen LogP contribution in [-0.4, -0.2) is 0 Å². The second-order valence-corrected chi connectivity index (χ2v) is 20.5. The average Bonchev–Trinajstić information content (AvgIpc) is 3.87. The highest BCUT2D eigenvalue weighted by atomic mass is 15.1. The van der Waals surface area contributed by atoms with Crippen LogP contribution in [0, 0.1) is 6.92 Å². The predicted octanol–water partition coefficient (Wildman–Crippen LogP) is 18.7. The summed E-state index contributed by atoms with van der Waals surface area (Å²) in [4.78, 5) is 2.48. The Kier molecular flexibility index (Phi) is 10.8. The number of hydrogen-bond acceptors (Lipinski definition) is 1. The van der Waals surface area contributed by atoms with Crippen molar-refractivity contribution in [1.82, 2.24) is 0 Å². The van der Waals surface area contributed by atoms with E-state index in [0.717, 1.165) is 23.5 Å². The van der Waals surface area contributed by atoms with E-state index in [4.69, 9.17) is 0 Å². The second kappa shape index (κ2) is 17.8. The van der Waals surface area contributed by atoms with Gasteiger partial charge in [-0.05, 0) is 168 Å². The maximum absolute atomic E-state index is 2.50. The summed E-state index contributed by atoms with van der Waals surface area (Å²) >= 11 is 0. The molecule has 11 aromatic rings. The Labute approximate surface area is 430 Å². The normalized spacial score (nSPS) is 13.4. The maximum atomic E-state index is 2.50. The average molecular weight is 934 g/mol. The molecule has 0 saturated carbocycles. The summed E-state index contributed by atoms with van der Waals surface area (Å²) in [5.41, 5.74) is 26.7. The zero-order valence-electron chi connectivity index (χ0n) is 41.6. The van der Waals surface area contributed by atoms with Crippen LogP contribution in [-0.2, 0) is 17.3 Å². The first kappa shape index (κ1) is 44.2. The van der Waals surface area contributed by atoms with Crippen LogP contribution in [0.25, 0.3) is 55.6 Å². The van der Waals surface area contributed by atoms with Crippen LogP contribution < -0.4 is 4.90 Å². The highest BCUT2D eigenvalue weighted by Crippen LogP contribution is 2.58. The van der Waals surface area contributed by atoms with Gasteiger partial charge in [-0.2, -0.15) is 0 Å². The van der Waals surface area contributed by atoms with Gasteiger partial charge in [0, 0.05) is 22.5 Å². The zero-order valence-corrected chi connectivity index (χ0v) is 41.6. The molecule has 348 valence electrons. The Bertz CT molecular complexity index is 3790. The largest absolute Gasteiger partial charge is 0.310 e. The molecule has 13 rings (SSSR count). The Balaban J connectivity index is 1.01. The molecule has 73 heavy (non-hydrogen) atoms. The first-order valence-corrected chi connectivity index (χ1v) is 25.7. The van der Waals surface area contributed by atoms with Crippen molar-refractivity contribution < 1.29 is 0 Å². The van der Waals surface area contributed by atoms with Gasteiger partial charge in [-0.15, -0.1) is 0 Å². The van der Waals surface area contributed by atoms with Gasteiger partial charge < -0.3 is 4.90 Å². The van der Waals surface area contributed by atoms with Gasteiger partial charge in [0.15, 0.2) is 0 Å². The molecular formula is C72H55N. The van der Waals surface area contributed by atoms with E-state index in [0.29, 0.717) is 0 Å². The molecule has 1 heteroatoms. The van der Waals surface area contributed by atoms with Gasteiger partial charge in [0.05, 0.1) is 5.41 Å². The quantitative estimate of drug-likeness (QED) is 0.132. The van der Waals surface area contributed by atoms with Crippen molar-refractivity contribution in [2.24, 2.45) is 0 Å². The summed E-state index contributed by atoms with van der Waals surface area (Å²) in [5, 5.41) is 0. The van der Waals surface area contributed by atoms with Crippen LogP contribution in [0.15, 0.2) is 267 Å². The van der Waals surface area contributed by atoms with E-state index in [-0.39, 0.29) is 5.41 Å². The van der Waals surface area contributed by atoms with Crippen molar-refractivity contribution >= 4 is 17.1 Å². The molecule has 2 aliphatic carbocycles. The van der Waals surface area contributed by atoms with Gasteiger partial charge in [0.1, 0.15) is 0 Å². The molecule has 11 aromatic carbocycles. The minimum Gasteiger partial charge on any atom is -0.310 e. The van der Waals surface area contributed by atoms with Crippen molar-refractivity contribution in [2.45, 2.75) is 38.0 Å². The van der Waals surface area contributed by atoms with E-state index < -0.39 is 5.41 Å². The van der Waals surface area contributed by atoms with Crippen LogP contribution in [0.2, 0.25) is 0 Å². The molecule has 2 aliphatic rings. The summed E-state index contributed by atoms with van der Waals surface area (Å²) < 4.78 is 0. The number of nitrogens with zero attached hydrogens (tertiary/aromatic N) is 1. The summed E-state index contributed by atoms with van der Waals surface area (Å²) in [6.45, 7) is 6.98. The summed E-state index contributed by atoms with van der Waals surface area (Å²) in [6.07, 6.45) is 0.864. The standard InChI is InChI=1S/C72H55N/c1-49-20-16-17-29-61(49)66-45-53(32-33-55(66)44-50-21-8-4-9-22-50)54-36-41-64-65-43-40-60(48-70(65)72(69(64)46-54,56-25-12-6-13-26-56)57-27-14-7-15-28-57)73(58-37-34-52(35-38-58)51-23-10-5-11-24-51)59-39-42-63-62-30-18-19-31-67(62)71(2,3)68(63)47-59/h4-43,45-48H,44H2,1-3H3. The number of rotatable bonds is 10. The van der Waals surface area contributed by atoms with Gasteiger partial charge in [-0.1, -0.05) is 232 Å². The molecule has 0 fully saturated rings. The monoisotopic (exact) mass is 933 g/mol. The molecule has 0 atom stereocenters. The van der Waals surface area contributed by atoms with Crippen molar-refractivity contribution in [3.63, 3.8) is 0 Å². The molecule has 0 N–H and O–H groups in total. The first-order valence-electron chi connectivity index (χ1n) is 25.7. The third kappa shape index (κ3) is 7.38. The molecule has 0 bridgehead atoms. The summed E-state index contributed by atoms with van der Waals surface area (Å²) in [5.74, 6) is 0. The lowest BCUT2D eigenvalue weighted by Crippen LogP contribution is -2.28. The fraction of sp³-hybridized carbons (Fsp3) is 0.0833. The van der Waals surface area contributed by atoms with Gasteiger partial charge in [0.2, 0.25) is 0 Å². The smallest absolute Gasteiger partial charge is 0.0714 e. The minimum atomic E-state index is -0.629. The minimum absolute atomic E-state index is 0.152. The molecule has 0 amide bonds. The molecule has 0 aliphatic heterocycles. The lowest BCUT2D eigenvalue weighted by molar-refractivity contribution is 0.660. The number of aryl methyl sites for hydroxylation is 1. The second-order valence-electron chi connectivity index (χ2n) is 20.5. The van der Waals surface area contributed by atoms with Crippen LogP contribution in [0.3, 0.4) is 0 Å². The molecule has 0 unspecified atom stereocenters. The van der Waals surface area contributed by atoms with E-state index >= 15 is 0 Å². The molecule has 0 heterocycles. The molecule has 0 saturated heterocycles. The molecule has 1 nitrogen and oxygen atoms in total. The summed E-state index contributed by atoms with van der Waals surface area (Å²) in [7, 11) is 0. The highest BCUT2D eigenvalue weighted by molar-refractivity contribution is 5.93. The van der Waals surface area contributed by atoms with E-state index in [1.165, 1.54) is 106 Å². The number of anilines is 3. The van der Waals surface area contributed by atoms with Gasteiger partial charge in [-0.3, -0.25) is 0 Å². The topological polar surface area (TPSA) is 3.24 Å². The fourth-order valence-corrected chi connectivity index (χ4v) is 12.4. The molecule has 0 spiro atoms. The van der Waals surface area contributed by atoms with Crippen LogP contribution in [0.4, 0.5) is 17.1 Å². The Morgan fingerprint density at radius 1 is 0.315 bits per heavy atom. The van der Waals surface area contributed by atoms with E-state index in [9.17, 15) is 0 Å². The van der Waals surface area contributed by atoms with E-state index in [1.807, 2.05) is 0 Å². The molecule has 0 aromatic heterocycles. The highest BCUT2D eigenvalue weighted by Gasteiger charge is 2.47. The third-order valence-electron chi connectivity index (χ3n) is 16.0. The van der Waals surface area contributed by atoms with Crippen molar-refractivity contribution in [3.05, 3.63) is 317 Å². The molecular weight excluding hydrogens is 879 g/mol. The Morgan fingerprint density at radius 3 is 1.42 bits per heavy atom. The lowest BCUT2D eigenvalue weighted by Gasteiger charge is -2.35. The first-order chi connectivity index (χ1) is 35.9. The van der Waals surface area contributed by atoms with Crippen molar-refractivity contribution in [3.8, 4) is 55.6 Å². The molecule has 0 radical (unpaired) electrons. The van der Waals surface area contributed by atoms with Crippen LogP contribution in [0.1, 0.15) is 63.9 Å². The number of fused-ring (bicyclic) bond motifs is 6. The van der Waals surface area contributed by atoms with E-state index in [1.54, 1.807) is 0 Å². The lowest BCUT2D eigenvalue weighted by atomic mass is 9.67. The van der Waals surface area contributed by atoms with Crippen molar-refractivity contribution in [1.29, 1.82) is 0 Å². The number of benzene rings is 11. The van der Waals surface area contributed by atoms with Crippen LogP contribution in [0.5, 0.6) is 0 Å². The Morgan fingerprint density at radius 2 is 0.767 bits per heavy atom. The van der Waals surface area contributed by atoms with Gasteiger partial charge >= 0.3 is 0 Å². The third-order valence-corrected chi connectivity index (χ3v) is 16.0. The SMILES string of the molecule is Cc1ccccc1-c1cc(-c2ccc3c(c2)C(c2ccccc2)(c2ccccc2)c2cc(N(c4ccc(-c5ccccc5)cc4)c4ccc5c(c4)C(C)(C)c4ccccc4-5)ccc2-3)ccc1Cc1ccccc1. The fourth-order valence-electron chi connectivity index (χ4n) is 12.4. The summed E-state index contributed by atoms with van der Waals surface area (Å²) in [6, 6.07) is 99.6. The van der Waals surface area contributed by atoms with Crippen LogP contribution >= 0.6 is 0 Å². The predicted molar refractivity (Wildman–Crippen MR) is 306 cm³/mol. The van der Waals surface area contributed by atoms with Gasteiger partial charge in [0.25, 0.3) is 0 Å².